The van der Waals surface area contributed by atoms with Gasteiger partial charge in [0.15, 0.2) is 0 Å². The number of rotatable bonds is 2. The summed E-state index contributed by atoms with van der Waals surface area (Å²) in [5.74, 6) is -0.850. The van der Waals surface area contributed by atoms with Crippen molar-refractivity contribution in [2.24, 2.45) is 5.16 Å². The normalized spacial score (nSPS) is 27.1. The van der Waals surface area contributed by atoms with Gasteiger partial charge in [0.25, 0.3) is 0 Å². The Morgan fingerprint density at radius 2 is 2.00 bits per heavy atom. The van der Waals surface area contributed by atoms with E-state index in [1.807, 2.05) is 30.3 Å². The second kappa shape index (κ2) is 3.96. The Morgan fingerprint density at radius 1 is 1.31 bits per heavy atom. The first-order valence-electron chi connectivity index (χ1n) is 5.18. The highest BCUT2D eigenvalue weighted by molar-refractivity contribution is 5.96. The summed E-state index contributed by atoms with van der Waals surface area (Å²) < 4.78 is 0. The highest BCUT2D eigenvalue weighted by Crippen LogP contribution is 2.39. The molecule has 0 aromatic heterocycles. The minimum absolute atomic E-state index is 0.294. The maximum absolute atomic E-state index is 11.4. The van der Waals surface area contributed by atoms with Gasteiger partial charge in [-0.15, -0.1) is 0 Å². The number of nitrogens with zero attached hydrogens (tertiary/aromatic N) is 1. The van der Waals surface area contributed by atoms with Crippen molar-refractivity contribution in [1.82, 2.24) is 0 Å². The molecular weight excluding hydrogens is 206 g/mol. The van der Waals surface area contributed by atoms with Crippen LogP contribution in [0.2, 0.25) is 0 Å². The van der Waals surface area contributed by atoms with Crippen LogP contribution >= 0.6 is 0 Å². The van der Waals surface area contributed by atoms with Crippen LogP contribution in [0.15, 0.2) is 35.5 Å². The molecule has 0 aliphatic heterocycles. The molecular formula is C12H13NO3. The number of carboxylic acids is 1. The smallest absolute Gasteiger partial charge is 0.314 e. The largest absolute Gasteiger partial charge is 0.481 e. The molecule has 1 aliphatic carbocycles. The van der Waals surface area contributed by atoms with E-state index in [0.717, 1.165) is 5.56 Å². The lowest BCUT2D eigenvalue weighted by Gasteiger charge is -2.23. The first-order valence-corrected chi connectivity index (χ1v) is 5.18. The molecule has 0 radical (unpaired) electrons. The number of aliphatic carboxylic acids is 1. The molecule has 2 rings (SSSR count). The quantitative estimate of drug-likeness (QED) is 0.590. The maximum atomic E-state index is 11.4. The van der Waals surface area contributed by atoms with Gasteiger partial charge in [-0.3, -0.25) is 4.79 Å². The van der Waals surface area contributed by atoms with Gasteiger partial charge >= 0.3 is 5.97 Å². The molecule has 1 aromatic rings. The molecule has 2 N–H and O–H groups in total. The second-order valence-corrected chi connectivity index (χ2v) is 4.10. The van der Waals surface area contributed by atoms with Gasteiger partial charge in [-0.25, -0.2) is 0 Å². The molecule has 1 aliphatic rings. The zero-order valence-corrected chi connectivity index (χ0v) is 8.76. The zero-order valence-electron chi connectivity index (χ0n) is 8.76. The van der Waals surface area contributed by atoms with Gasteiger partial charge in [0.1, 0.15) is 0 Å². The fourth-order valence-corrected chi connectivity index (χ4v) is 2.28. The zero-order chi connectivity index (χ0) is 11.6. The van der Waals surface area contributed by atoms with E-state index in [9.17, 15) is 9.90 Å². The topological polar surface area (TPSA) is 69.9 Å². The summed E-state index contributed by atoms with van der Waals surface area (Å²) >= 11 is 0. The van der Waals surface area contributed by atoms with Gasteiger partial charge < -0.3 is 10.3 Å². The lowest BCUT2D eigenvalue weighted by Crippen LogP contribution is -2.33. The predicted molar refractivity (Wildman–Crippen MR) is 58.8 cm³/mol. The molecule has 4 heteroatoms. The van der Waals surface area contributed by atoms with Gasteiger partial charge in [0.2, 0.25) is 0 Å². The van der Waals surface area contributed by atoms with E-state index in [2.05, 4.69) is 5.16 Å². The Kier molecular flexibility index (Phi) is 2.64. The van der Waals surface area contributed by atoms with Crippen LogP contribution in [0, 0.1) is 0 Å². The van der Waals surface area contributed by atoms with Crippen molar-refractivity contribution in [2.45, 2.75) is 24.7 Å². The third-order valence-corrected chi connectivity index (χ3v) is 3.22. The molecule has 1 aromatic carbocycles. The van der Waals surface area contributed by atoms with Crippen molar-refractivity contribution >= 4 is 11.7 Å². The SMILES string of the molecule is O=C(O)C1(c2ccccc2)CC/C(=N/O)C1. The standard InChI is InChI=1S/C12H13NO3/c14-11(15)12(7-6-10(8-12)13-16)9-4-2-1-3-5-9/h1-5,16H,6-8H2,(H,14,15)/b13-10-. The number of hydrogen-bond donors (Lipinski definition) is 2. The molecule has 0 bridgehead atoms. The highest BCUT2D eigenvalue weighted by atomic mass is 16.4. The average molecular weight is 219 g/mol. The molecule has 0 saturated heterocycles. The van der Waals surface area contributed by atoms with Crippen molar-refractivity contribution in [3.63, 3.8) is 0 Å². The Labute approximate surface area is 93.2 Å². The summed E-state index contributed by atoms with van der Waals surface area (Å²) in [7, 11) is 0. The first-order chi connectivity index (χ1) is 7.69. The number of carbonyl (C=O) groups is 1. The maximum Gasteiger partial charge on any atom is 0.314 e. The van der Waals surface area contributed by atoms with Crippen LogP contribution in [0.5, 0.6) is 0 Å². The predicted octanol–water partition coefficient (Wildman–Crippen LogP) is 2.02. The lowest BCUT2D eigenvalue weighted by atomic mass is 9.79. The van der Waals surface area contributed by atoms with Gasteiger partial charge in [-0.1, -0.05) is 35.5 Å². The van der Waals surface area contributed by atoms with E-state index in [1.54, 1.807) is 0 Å². The van der Waals surface area contributed by atoms with E-state index in [-0.39, 0.29) is 0 Å². The highest BCUT2D eigenvalue weighted by Gasteiger charge is 2.45. The number of oxime groups is 1. The number of carboxylic acid groups (broad SMARTS) is 1. The monoisotopic (exact) mass is 219 g/mol. The van der Waals surface area contributed by atoms with Gasteiger partial charge in [0, 0.05) is 6.42 Å². The second-order valence-electron chi connectivity index (χ2n) is 4.10. The molecule has 1 saturated carbocycles. The van der Waals surface area contributed by atoms with Crippen LogP contribution in [0.25, 0.3) is 0 Å². The van der Waals surface area contributed by atoms with Crippen LogP contribution in [0.4, 0.5) is 0 Å². The first kappa shape index (κ1) is 10.7. The fourth-order valence-electron chi connectivity index (χ4n) is 2.28. The molecule has 0 spiro atoms. The van der Waals surface area contributed by atoms with Crippen LogP contribution in [-0.2, 0) is 10.2 Å². The summed E-state index contributed by atoms with van der Waals surface area (Å²) in [5, 5.41) is 21.3. The molecule has 1 fully saturated rings. The van der Waals surface area contributed by atoms with Gasteiger partial charge in [-0.2, -0.15) is 0 Å². The van der Waals surface area contributed by atoms with Crippen molar-refractivity contribution < 1.29 is 15.1 Å². The van der Waals surface area contributed by atoms with E-state index >= 15 is 0 Å². The summed E-state index contributed by atoms with van der Waals surface area (Å²) in [6.07, 6.45) is 1.33. The van der Waals surface area contributed by atoms with Crippen molar-refractivity contribution in [3.8, 4) is 0 Å². The van der Waals surface area contributed by atoms with E-state index in [1.165, 1.54) is 0 Å². The van der Waals surface area contributed by atoms with Gasteiger partial charge in [-0.05, 0) is 18.4 Å². The Balaban J connectivity index is 2.43. The van der Waals surface area contributed by atoms with Crippen molar-refractivity contribution in [1.29, 1.82) is 0 Å². The molecule has 4 nitrogen and oxygen atoms in total. The Morgan fingerprint density at radius 3 is 2.50 bits per heavy atom. The molecule has 84 valence electrons. The Bertz CT molecular complexity index is 427. The van der Waals surface area contributed by atoms with Crippen LogP contribution in [0.1, 0.15) is 24.8 Å². The van der Waals surface area contributed by atoms with Crippen molar-refractivity contribution in [2.75, 3.05) is 0 Å². The Hall–Kier alpha value is -1.84. The van der Waals surface area contributed by atoms with Crippen LogP contribution < -0.4 is 0 Å². The molecule has 16 heavy (non-hydrogen) atoms. The van der Waals surface area contributed by atoms with E-state index < -0.39 is 11.4 Å². The van der Waals surface area contributed by atoms with Crippen LogP contribution in [0.3, 0.4) is 0 Å². The lowest BCUT2D eigenvalue weighted by molar-refractivity contribution is -0.143. The minimum Gasteiger partial charge on any atom is -0.481 e. The van der Waals surface area contributed by atoms with Crippen molar-refractivity contribution in [3.05, 3.63) is 35.9 Å². The number of hydrogen-bond acceptors (Lipinski definition) is 3. The average Bonchev–Trinajstić information content (AvgIpc) is 2.75. The molecule has 1 atom stereocenters. The summed E-state index contributed by atoms with van der Waals surface area (Å²) in [6, 6.07) is 9.14. The summed E-state index contributed by atoms with van der Waals surface area (Å²) in [6.45, 7) is 0. The third-order valence-electron chi connectivity index (χ3n) is 3.22. The summed E-state index contributed by atoms with van der Waals surface area (Å²) in [4.78, 5) is 11.4. The minimum atomic E-state index is -0.914. The summed E-state index contributed by atoms with van der Waals surface area (Å²) in [5.41, 5.74) is 0.426. The molecule has 0 heterocycles. The number of benzene rings is 1. The fraction of sp³-hybridized carbons (Fsp3) is 0.333. The van der Waals surface area contributed by atoms with E-state index in [4.69, 9.17) is 5.21 Å². The van der Waals surface area contributed by atoms with Gasteiger partial charge in [0.05, 0.1) is 11.1 Å². The molecule has 0 amide bonds. The molecule has 1 unspecified atom stereocenters. The third kappa shape index (κ3) is 1.56. The van der Waals surface area contributed by atoms with E-state index in [0.29, 0.717) is 25.0 Å². The van der Waals surface area contributed by atoms with Crippen LogP contribution in [-0.4, -0.2) is 22.0 Å².